The minimum atomic E-state index is -4.40. The third-order valence-corrected chi connectivity index (χ3v) is 4.14. The van der Waals surface area contributed by atoms with Gasteiger partial charge in [0, 0.05) is 19.5 Å². The number of aliphatic carboxylic acids is 1. The molecule has 0 aromatic heterocycles. The zero-order valence-electron chi connectivity index (χ0n) is 14.9. The van der Waals surface area contributed by atoms with Gasteiger partial charge in [-0.1, -0.05) is 37.3 Å². The van der Waals surface area contributed by atoms with E-state index >= 15 is 0 Å². The van der Waals surface area contributed by atoms with Gasteiger partial charge >= 0.3 is 6.18 Å². The normalized spacial score (nSPS) is 12.8. The Morgan fingerprint density at radius 3 is 2.26 bits per heavy atom. The first-order chi connectivity index (χ1) is 12.8. The van der Waals surface area contributed by atoms with E-state index in [1.54, 1.807) is 4.90 Å². The Labute approximate surface area is 156 Å². The van der Waals surface area contributed by atoms with Gasteiger partial charge in [0.15, 0.2) is 0 Å². The molecule has 146 valence electrons. The zero-order valence-corrected chi connectivity index (χ0v) is 14.9. The average molecular weight is 380 g/mol. The first-order valence-electron chi connectivity index (χ1n) is 8.60. The Balaban J connectivity index is 2.12. The highest BCUT2D eigenvalue weighted by Gasteiger charge is 2.30. The van der Waals surface area contributed by atoms with Gasteiger partial charge < -0.3 is 14.6 Å². The maximum Gasteiger partial charge on any atom is 0.416 e. The molecule has 0 aliphatic heterocycles. The summed E-state index contributed by atoms with van der Waals surface area (Å²) in [6.45, 7) is 2.65. The third kappa shape index (κ3) is 6.60. The summed E-state index contributed by atoms with van der Waals surface area (Å²) in [5.74, 6) is -0.837. The molecule has 1 unspecified atom stereocenters. The van der Waals surface area contributed by atoms with E-state index in [1.807, 2.05) is 37.3 Å². The van der Waals surface area contributed by atoms with Crippen molar-refractivity contribution < 1.29 is 27.8 Å². The summed E-state index contributed by atoms with van der Waals surface area (Å²) in [7, 11) is 0. The molecule has 0 aliphatic rings. The molecule has 0 amide bonds. The van der Waals surface area contributed by atoms with Gasteiger partial charge in [0.1, 0.15) is 11.9 Å². The molecule has 0 radical (unpaired) electrons. The van der Waals surface area contributed by atoms with Crippen molar-refractivity contribution in [3.05, 3.63) is 65.7 Å². The number of rotatable bonds is 9. The lowest BCUT2D eigenvalue weighted by molar-refractivity contribution is -0.306. The van der Waals surface area contributed by atoms with Crippen molar-refractivity contribution in [2.24, 2.45) is 0 Å². The van der Waals surface area contributed by atoms with Gasteiger partial charge in [0.25, 0.3) is 0 Å². The SMILES string of the molecule is CCN(CCC(Oc1ccc(C(F)(F)F)cc1)c1ccccc1)CC(=O)[O-]. The van der Waals surface area contributed by atoms with Crippen LogP contribution in [0.4, 0.5) is 13.2 Å². The van der Waals surface area contributed by atoms with Gasteiger partial charge in [-0.25, -0.2) is 0 Å². The third-order valence-electron chi connectivity index (χ3n) is 4.14. The standard InChI is InChI=1S/C20H22F3NO3/c1-2-24(14-19(25)26)13-12-18(15-6-4-3-5-7-15)27-17-10-8-16(9-11-17)20(21,22)23/h3-11,18H,2,12-14H2,1H3,(H,25,26)/p-1. The minimum Gasteiger partial charge on any atom is -0.549 e. The lowest BCUT2D eigenvalue weighted by Crippen LogP contribution is -2.39. The average Bonchev–Trinajstić information content (AvgIpc) is 2.64. The van der Waals surface area contributed by atoms with Crippen molar-refractivity contribution in [1.82, 2.24) is 4.90 Å². The Kier molecular flexibility index (Phi) is 7.24. The van der Waals surface area contributed by atoms with Gasteiger partial charge in [-0.05, 0) is 36.4 Å². The van der Waals surface area contributed by atoms with Crippen LogP contribution in [0.5, 0.6) is 5.75 Å². The van der Waals surface area contributed by atoms with Crippen LogP contribution in [0.15, 0.2) is 54.6 Å². The van der Waals surface area contributed by atoms with E-state index in [0.29, 0.717) is 25.3 Å². The van der Waals surface area contributed by atoms with E-state index < -0.39 is 23.8 Å². The van der Waals surface area contributed by atoms with Crippen LogP contribution >= 0.6 is 0 Å². The first kappa shape index (κ1) is 20.8. The molecule has 0 N–H and O–H groups in total. The lowest BCUT2D eigenvalue weighted by atomic mass is 10.1. The maximum atomic E-state index is 12.7. The molecular weight excluding hydrogens is 359 g/mol. The quantitative estimate of drug-likeness (QED) is 0.670. The van der Waals surface area contributed by atoms with Crippen LogP contribution in [-0.2, 0) is 11.0 Å². The monoisotopic (exact) mass is 380 g/mol. The van der Waals surface area contributed by atoms with Crippen LogP contribution in [0.1, 0.15) is 30.6 Å². The number of hydrogen-bond donors (Lipinski definition) is 0. The maximum absolute atomic E-state index is 12.7. The number of benzene rings is 2. The fraction of sp³-hybridized carbons (Fsp3) is 0.350. The number of ether oxygens (including phenoxy) is 1. The topological polar surface area (TPSA) is 52.6 Å². The largest absolute Gasteiger partial charge is 0.549 e. The van der Waals surface area contributed by atoms with E-state index in [-0.39, 0.29) is 6.54 Å². The molecule has 0 aliphatic carbocycles. The molecule has 7 heteroatoms. The predicted octanol–water partition coefficient (Wildman–Crippen LogP) is 3.29. The molecule has 2 aromatic carbocycles. The number of carbonyl (C=O) groups is 1. The van der Waals surface area contributed by atoms with Crippen LogP contribution in [0, 0.1) is 0 Å². The molecule has 2 aromatic rings. The number of likely N-dealkylation sites (N-methyl/N-ethyl adjacent to an activating group) is 1. The molecule has 1 atom stereocenters. The Morgan fingerprint density at radius 2 is 1.74 bits per heavy atom. The van der Waals surface area contributed by atoms with Gasteiger partial charge in [0.2, 0.25) is 0 Å². The summed E-state index contributed by atoms with van der Waals surface area (Å²) in [6, 6.07) is 13.8. The summed E-state index contributed by atoms with van der Waals surface area (Å²) in [5.41, 5.74) is 0.124. The van der Waals surface area contributed by atoms with E-state index in [0.717, 1.165) is 17.7 Å². The number of carbonyl (C=O) groups excluding carboxylic acids is 1. The van der Waals surface area contributed by atoms with Crippen LogP contribution in [0.2, 0.25) is 0 Å². The summed E-state index contributed by atoms with van der Waals surface area (Å²) in [5, 5.41) is 10.8. The van der Waals surface area contributed by atoms with Crippen LogP contribution in [0.3, 0.4) is 0 Å². The molecular formula is C20H21F3NO3-. The van der Waals surface area contributed by atoms with Gasteiger partial charge in [-0.2, -0.15) is 13.2 Å². The van der Waals surface area contributed by atoms with E-state index in [9.17, 15) is 23.1 Å². The molecule has 0 spiro atoms. The van der Waals surface area contributed by atoms with Gasteiger partial charge in [0.05, 0.1) is 11.5 Å². The second-order valence-corrected chi connectivity index (χ2v) is 6.07. The van der Waals surface area contributed by atoms with E-state index in [4.69, 9.17) is 4.74 Å². The second-order valence-electron chi connectivity index (χ2n) is 6.07. The highest BCUT2D eigenvalue weighted by Crippen LogP contribution is 2.32. The highest BCUT2D eigenvalue weighted by molar-refractivity contribution is 5.66. The van der Waals surface area contributed by atoms with Crippen LogP contribution in [-0.4, -0.2) is 30.5 Å². The Hall–Kier alpha value is -2.54. The molecule has 27 heavy (non-hydrogen) atoms. The number of hydrogen-bond acceptors (Lipinski definition) is 4. The van der Waals surface area contributed by atoms with Gasteiger partial charge in [-0.15, -0.1) is 0 Å². The first-order valence-corrected chi connectivity index (χ1v) is 8.60. The number of alkyl halides is 3. The van der Waals surface area contributed by atoms with Crippen molar-refractivity contribution in [3.8, 4) is 5.75 Å². The van der Waals surface area contributed by atoms with E-state index in [2.05, 4.69) is 0 Å². The van der Waals surface area contributed by atoms with Crippen molar-refractivity contribution >= 4 is 5.97 Å². The molecule has 2 rings (SSSR count). The predicted molar refractivity (Wildman–Crippen MR) is 93.0 cm³/mol. The lowest BCUT2D eigenvalue weighted by Gasteiger charge is -2.25. The Morgan fingerprint density at radius 1 is 1.11 bits per heavy atom. The van der Waals surface area contributed by atoms with Crippen LogP contribution < -0.4 is 9.84 Å². The summed E-state index contributed by atoms with van der Waals surface area (Å²) in [6.07, 6.45) is -4.34. The summed E-state index contributed by atoms with van der Waals surface area (Å²) >= 11 is 0. The smallest absolute Gasteiger partial charge is 0.416 e. The van der Waals surface area contributed by atoms with Crippen molar-refractivity contribution in [2.45, 2.75) is 25.6 Å². The fourth-order valence-electron chi connectivity index (χ4n) is 2.68. The Bertz CT molecular complexity index is 718. The molecule has 0 saturated heterocycles. The van der Waals surface area contributed by atoms with Crippen LogP contribution in [0.25, 0.3) is 0 Å². The summed E-state index contributed by atoms with van der Waals surface area (Å²) < 4.78 is 44.0. The zero-order chi connectivity index (χ0) is 19.9. The summed E-state index contributed by atoms with van der Waals surface area (Å²) in [4.78, 5) is 12.5. The minimum absolute atomic E-state index is 0.182. The number of carboxylic acids is 1. The number of halogens is 3. The molecule has 4 nitrogen and oxygen atoms in total. The highest BCUT2D eigenvalue weighted by atomic mass is 19.4. The number of nitrogens with zero attached hydrogens (tertiary/aromatic N) is 1. The van der Waals surface area contributed by atoms with Gasteiger partial charge in [-0.3, -0.25) is 4.90 Å². The van der Waals surface area contributed by atoms with Crippen molar-refractivity contribution in [1.29, 1.82) is 0 Å². The number of carboxylic acid groups (broad SMARTS) is 1. The molecule has 0 saturated carbocycles. The molecule has 0 bridgehead atoms. The van der Waals surface area contributed by atoms with E-state index in [1.165, 1.54) is 12.1 Å². The second kappa shape index (κ2) is 9.41. The fourth-order valence-corrected chi connectivity index (χ4v) is 2.68. The molecule has 0 fully saturated rings. The van der Waals surface area contributed by atoms with Crippen molar-refractivity contribution in [3.63, 3.8) is 0 Å². The molecule has 0 heterocycles. The van der Waals surface area contributed by atoms with Crippen molar-refractivity contribution in [2.75, 3.05) is 19.6 Å².